The van der Waals surface area contributed by atoms with Gasteiger partial charge in [0.2, 0.25) is 11.5 Å². The van der Waals surface area contributed by atoms with Crippen LogP contribution in [0, 0.1) is 0 Å². The van der Waals surface area contributed by atoms with Crippen LogP contribution in [-0.2, 0) is 19.2 Å². The smallest absolute Gasteiger partial charge is 0.352 e. The number of oxime groups is 1. The summed E-state index contributed by atoms with van der Waals surface area (Å²) >= 11 is 3.65. The van der Waals surface area contributed by atoms with Crippen molar-refractivity contribution in [2.45, 2.75) is 11.4 Å². The Balaban J connectivity index is 1.45. The van der Waals surface area contributed by atoms with Gasteiger partial charge in [0.05, 0.1) is 5.69 Å². The Hall–Kier alpha value is -3.69. The van der Waals surface area contributed by atoms with Gasteiger partial charge in [-0.15, -0.1) is 23.5 Å². The second kappa shape index (κ2) is 12.0. The molecular weight excluding hydrogens is 538 g/mol. The van der Waals surface area contributed by atoms with Crippen LogP contribution in [0.5, 0.6) is 0 Å². The van der Waals surface area contributed by atoms with Gasteiger partial charge in [0.15, 0.2) is 5.13 Å². The van der Waals surface area contributed by atoms with E-state index in [0.717, 1.165) is 17.2 Å². The van der Waals surface area contributed by atoms with Crippen LogP contribution in [0.25, 0.3) is 6.08 Å². The first-order valence-corrected chi connectivity index (χ1v) is 13.6. The van der Waals surface area contributed by atoms with Gasteiger partial charge >= 0.3 is 5.97 Å². The Morgan fingerprint density at radius 1 is 1.43 bits per heavy atom. The summed E-state index contributed by atoms with van der Waals surface area (Å²) in [6, 6.07) is 4.59. The summed E-state index contributed by atoms with van der Waals surface area (Å²) in [6.45, 7) is 3.55. The average Bonchev–Trinajstić information content (AvgIpc) is 3.33. The molecule has 1 fully saturated rings. The fraction of sp³-hybridized carbons (Fsp3) is 0.227. The predicted octanol–water partition coefficient (Wildman–Crippen LogP) is 1.56. The highest BCUT2D eigenvalue weighted by molar-refractivity contribution is 8.02. The molecule has 0 bridgehead atoms. The average molecular weight is 560 g/mol. The third-order valence-electron chi connectivity index (χ3n) is 5.03. The lowest BCUT2D eigenvalue weighted by Gasteiger charge is -2.49. The minimum absolute atomic E-state index is 0.0373. The van der Waals surface area contributed by atoms with Crippen molar-refractivity contribution >= 4 is 69.8 Å². The van der Waals surface area contributed by atoms with Crippen LogP contribution in [0.1, 0.15) is 11.5 Å². The Kier molecular flexibility index (Phi) is 8.58. The number of carboxylic acids is 1. The van der Waals surface area contributed by atoms with Gasteiger partial charge in [-0.2, -0.15) is 9.36 Å². The minimum Gasteiger partial charge on any atom is -0.477 e. The molecule has 15 heteroatoms. The van der Waals surface area contributed by atoms with Gasteiger partial charge < -0.3 is 21.0 Å². The number of nitrogen functional groups attached to an aromatic ring is 1. The van der Waals surface area contributed by atoms with Crippen molar-refractivity contribution in [2.24, 2.45) is 5.16 Å². The number of rotatable bonds is 11. The first-order valence-electron chi connectivity index (χ1n) is 10.7. The Morgan fingerprint density at radius 2 is 2.27 bits per heavy atom. The number of amides is 2. The maximum atomic E-state index is 13.0. The van der Waals surface area contributed by atoms with Crippen LogP contribution in [0.4, 0.5) is 5.13 Å². The van der Waals surface area contributed by atoms with Crippen molar-refractivity contribution in [1.82, 2.24) is 24.6 Å². The number of pyridine rings is 1. The number of carboxylic acid groups (broad SMARTS) is 1. The molecule has 192 valence electrons. The molecule has 4 rings (SSSR count). The largest absolute Gasteiger partial charge is 0.477 e. The monoisotopic (exact) mass is 559 g/mol. The fourth-order valence-corrected chi connectivity index (χ4v) is 6.10. The first kappa shape index (κ1) is 26.4. The van der Waals surface area contributed by atoms with Gasteiger partial charge in [-0.3, -0.25) is 19.5 Å². The Labute approximate surface area is 223 Å². The molecule has 0 radical (unpaired) electrons. The highest BCUT2D eigenvalue weighted by atomic mass is 32.2. The van der Waals surface area contributed by atoms with Crippen molar-refractivity contribution in [2.75, 3.05) is 23.8 Å². The number of nitrogens with zero attached hydrogens (tertiary/aromatic N) is 5. The molecule has 0 spiro atoms. The summed E-state index contributed by atoms with van der Waals surface area (Å²) < 4.78 is 3.98. The lowest BCUT2D eigenvalue weighted by molar-refractivity contribution is -0.150. The van der Waals surface area contributed by atoms with Crippen LogP contribution in [0.3, 0.4) is 0 Å². The quantitative estimate of drug-likeness (QED) is 0.120. The van der Waals surface area contributed by atoms with E-state index in [9.17, 15) is 19.5 Å². The van der Waals surface area contributed by atoms with Crippen LogP contribution in [-0.4, -0.2) is 77.4 Å². The van der Waals surface area contributed by atoms with Crippen molar-refractivity contribution in [1.29, 1.82) is 0 Å². The van der Waals surface area contributed by atoms with E-state index in [4.69, 9.17) is 10.6 Å². The van der Waals surface area contributed by atoms with Crippen molar-refractivity contribution in [3.05, 3.63) is 65.2 Å². The van der Waals surface area contributed by atoms with Crippen molar-refractivity contribution in [3.63, 3.8) is 0 Å². The van der Waals surface area contributed by atoms with E-state index in [2.05, 4.69) is 31.4 Å². The van der Waals surface area contributed by atoms with Crippen molar-refractivity contribution in [3.8, 4) is 0 Å². The zero-order chi connectivity index (χ0) is 26.4. The summed E-state index contributed by atoms with van der Waals surface area (Å²) in [7, 11) is 0. The van der Waals surface area contributed by atoms with Gasteiger partial charge in [0, 0.05) is 29.2 Å². The molecule has 37 heavy (non-hydrogen) atoms. The lowest BCUT2D eigenvalue weighted by atomic mass is 10.0. The molecule has 2 atom stereocenters. The second-order valence-electron chi connectivity index (χ2n) is 7.47. The molecule has 4 N–H and O–H groups in total. The normalized spacial score (nSPS) is 19.4. The number of anilines is 1. The van der Waals surface area contributed by atoms with E-state index in [1.54, 1.807) is 6.20 Å². The molecular formula is C22H21N7O5S3. The van der Waals surface area contributed by atoms with E-state index in [1.807, 2.05) is 29.7 Å². The summed E-state index contributed by atoms with van der Waals surface area (Å²) in [5.41, 5.74) is 6.70. The Morgan fingerprint density at radius 3 is 2.95 bits per heavy atom. The van der Waals surface area contributed by atoms with Crippen LogP contribution in [0.15, 0.2) is 58.9 Å². The zero-order valence-corrected chi connectivity index (χ0v) is 21.6. The third-order valence-corrected chi connectivity index (χ3v) is 7.76. The fourth-order valence-electron chi connectivity index (χ4n) is 3.41. The Bertz CT molecular complexity index is 1290. The predicted molar refractivity (Wildman–Crippen MR) is 142 cm³/mol. The van der Waals surface area contributed by atoms with Gasteiger partial charge in [-0.25, -0.2) is 4.79 Å². The number of thioether (sulfide) groups is 2. The molecule has 2 aliphatic heterocycles. The molecule has 12 nitrogen and oxygen atoms in total. The molecule has 4 heterocycles. The third kappa shape index (κ3) is 6.00. The molecule has 1 unspecified atom stereocenters. The van der Waals surface area contributed by atoms with Gasteiger partial charge in [0.25, 0.3) is 11.8 Å². The number of carbonyl (C=O) groups excluding carboxylic acids is 2. The van der Waals surface area contributed by atoms with E-state index < -0.39 is 29.2 Å². The van der Waals surface area contributed by atoms with Crippen molar-refractivity contribution < 1.29 is 24.3 Å². The molecule has 0 saturated carbocycles. The number of fused-ring (bicyclic) bond motifs is 1. The maximum Gasteiger partial charge on any atom is 0.352 e. The molecule has 0 aromatic carbocycles. The van der Waals surface area contributed by atoms with E-state index in [0.29, 0.717) is 17.1 Å². The minimum atomic E-state index is -1.20. The number of β-lactam (4-membered cyclic amide) rings is 1. The van der Waals surface area contributed by atoms with Crippen LogP contribution >= 0.6 is 35.1 Å². The maximum absolute atomic E-state index is 13.0. The highest BCUT2D eigenvalue weighted by Gasteiger charge is 2.54. The molecule has 2 amide bonds. The number of nitrogens with two attached hydrogens (primary N) is 1. The number of carbonyl (C=O) groups is 3. The summed E-state index contributed by atoms with van der Waals surface area (Å²) in [4.78, 5) is 52.4. The second-order valence-corrected chi connectivity index (χ2v) is 10.2. The number of aliphatic carboxylic acids is 1. The van der Waals surface area contributed by atoms with Crippen LogP contribution in [0.2, 0.25) is 0 Å². The van der Waals surface area contributed by atoms with Gasteiger partial charge in [0.1, 0.15) is 23.7 Å². The number of hydrogen-bond donors (Lipinski definition) is 3. The summed E-state index contributed by atoms with van der Waals surface area (Å²) in [6.07, 6.45) is 4.95. The molecule has 1 saturated heterocycles. The first-order chi connectivity index (χ1) is 17.9. The molecule has 2 aromatic heterocycles. The highest BCUT2D eigenvalue weighted by Crippen LogP contribution is 2.41. The molecule has 2 aliphatic rings. The lowest BCUT2D eigenvalue weighted by Crippen LogP contribution is -2.71. The van der Waals surface area contributed by atoms with Gasteiger partial charge in [-0.1, -0.05) is 23.9 Å². The standard InChI is InChI=1S/C22H21N7O5S3/c1-2-8-34-27-14(17-26-22(23)37-28-17)18(30)25-15-19(31)29-16(21(32)33)12(11-36-20(15)29)10-35-9-6-13-5-3-4-7-24-13/h2-7,9,15,20H,1,8,10-11H2,(H,25,30)(H,32,33)(H2,23,26,28)/t15?,20-/m0/s1. The summed E-state index contributed by atoms with van der Waals surface area (Å²) in [5.74, 6) is -1.75. The van der Waals surface area contributed by atoms with E-state index in [1.165, 1.54) is 34.5 Å². The molecule has 0 aliphatic carbocycles. The zero-order valence-electron chi connectivity index (χ0n) is 19.1. The number of aromatic nitrogens is 3. The van der Waals surface area contributed by atoms with E-state index >= 15 is 0 Å². The topological polar surface area (TPSA) is 173 Å². The molecule has 2 aromatic rings. The van der Waals surface area contributed by atoms with Gasteiger partial charge in [-0.05, 0) is 29.2 Å². The van der Waals surface area contributed by atoms with Crippen LogP contribution < -0.4 is 11.1 Å². The number of nitrogens with one attached hydrogen (secondary N) is 1. The summed E-state index contributed by atoms with van der Waals surface area (Å²) in [5, 5.41) is 17.6. The van der Waals surface area contributed by atoms with E-state index in [-0.39, 0.29) is 29.0 Å². The number of hydrogen-bond acceptors (Lipinski definition) is 12. The SMILES string of the molecule is C=CCON=C(C(=O)NC1C(=O)N2C(C(=O)O)=C(CSC=Cc3ccccn3)CS[C@@H]12)c1nsc(N)n1.